The summed E-state index contributed by atoms with van der Waals surface area (Å²) in [5.74, 6) is -0.575. The van der Waals surface area contributed by atoms with E-state index >= 15 is 0 Å². The lowest BCUT2D eigenvalue weighted by Crippen LogP contribution is -2.13. The Balaban J connectivity index is 2.36. The molecule has 0 atom stereocenters. The van der Waals surface area contributed by atoms with Crippen molar-refractivity contribution in [3.63, 3.8) is 0 Å². The van der Waals surface area contributed by atoms with Gasteiger partial charge >= 0.3 is 0 Å². The highest BCUT2D eigenvalue weighted by Crippen LogP contribution is 2.31. The number of hydrogen-bond donors (Lipinski definition) is 1. The van der Waals surface area contributed by atoms with Crippen molar-refractivity contribution < 1.29 is 13.2 Å². The van der Waals surface area contributed by atoms with Crippen molar-refractivity contribution in [2.45, 2.75) is 4.90 Å². The number of hydrogen-bond acceptors (Lipinski definition) is 5. The van der Waals surface area contributed by atoms with Crippen molar-refractivity contribution in [2.24, 2.45) is 4.99 Å². The molecule has 0 saturated heterocycles. The van der Waals surface area contributed by atoms with E-state index in [-0.39, 0.29) is 20.5 Å². The fraction of sp³-hybridized carbons (Fsp3) is 0.0667. The molecule has 0 unspecified atom stereocenters. The third-order valence-corrected chi connectivity index (χ3v) is 4.75. The minimum atomic E-state index is -3.39. The maximum atomic E-state index is 12.4. The predicted molar refractivity (Wildman–Crippen MR) is 98.7 cm³/mol. The second-order valence-corrected chi connectivity index (χ2v) is 7.75. The Morgan fingerprint density at radius 2 is 1.83 bits per heavy atom. The van der Waals surface area contributed by atoms with Crippen LogP contribution in [0.1, 0.15) is 10.4 Å². The van der Waals surface area contributed by atoms with E-state index in [1.165, 1.54) is 30.3 Å². The molecule has 0 heterocycles. The Morgan fingerprint density at radius 3 is 2.38 bits per heavy atom. The molecule has 1 N–H and O–H groups in total. The molecule has 1 amide bonds. The molecule has 0 bridgehead atoms. The maximum Gasteiger partial charge on any atom is 0.258 e. The second kappa shape index (κ2) is 7.42. The topological polar surface area (TPSA) is 75.6 Å². The Hall–Kier alpha value is -1.76. The van der Waals surface area contributed by atoms with E-state index in [2.05, 4.69) is 27.7 Å². The molecule has 2 aromatic rings. The van der Waals surface area contributed by atoms with Gasteiger partial charge < -0.3 is 5.32 Å². The lowest BCUT2D eigenvalue weighted by Gasteiger charge is -2.10. The Labute approximate surface area is 154 Å². The first-order valence-corrected chi connectivity index (χ1v) is 9.46. The summed E-state index contributed by atoms with van der Waals surface area (Å²) in [5, 5.41) is 4.92. The normalized spacial score (nSPS) is 10.8. The zero-order valence-electron chi connectivity index (χ0n) is 12.2. The number of rotatable bonds is 4. The van der Waals surface area contributed by atoms with E-state index in [1.54, 1.807) is 6.07 Å². The third-order valence-electron chi connectivity index (χ3n) is 2.95. The van der Waals surface area contributed by atoms with E-state index in [0.29, 0.717) is 11.4 Å². The fourth-order valence-electron chi connectivity index (χ4n) is 1.89. The summed E-state index contributed by atoms with van der Waals surface area (Å²) in [4.78, 5) is 16.2. The van der Waals surface area contributed by atoms with E-state index in [1.807, 2.05) is 0 Å². The SMILES string of the molecule is CS(=O)(=O)c1cccc(NC(=O)c2c(Cl)cc(N=C=S)cc2Cl)c1. The molecule has 24 heavy (non-hydrogen) atoms. The van der Waals surface area contributed by atoms with E-state index in [9.17, 15) is 13.2 Å². The molecule has 0 saturated carbocycles. The largest absolute Gasteiger partial charge is 0.322 e. The lowest BCUT2D eigenvalue weighted by atomic mass is 10.2. The van der Waals surface area contributed by atoms with Crippen molar-refractivity contribution in [1.29, 1.82) is 0 Å². The van der Waals surface area contributed by atoms with Crippen molar-refractivity contribution in [3.05, 3.63) is 52.0 Å². The number of benzene rings is 2. The van der Waals surface area contributed by atoms with Gasteiger partial charge in [0.2, 0.25) is 0 Å². The molecule has 0 spiro atoms. The van der Waals surface area contributed by atoms with Crippen LogP contribution in [0.2, 0.25) is 10.0 Å². The minimum Gasteiger partial charge on any atom is -0.322 e. The van der Waals surface area contributed by atoms with Crippen molar-refractivity contribution in [3.8, 4) is 0 Å². The number of amides is 1. The van der Waals surface area contributed by atoms with Gasteiger partial charge in [0.15, 0.2) is 9.84 Å². The van der Waals surface area contributed by atoms with E-state index in [4.69, 9.17) is 23.2 Å². The van der Waals surface area contributed by atoms with Crippen molar-refractivity contribution >= 4 is 67.7 Å². The summed E-state index contributed by atoms with van der Waals surface area (Å²) in [6.45, 7) is 0. The van der Waals surface area contributed by atoms with Gasteiger partial charge in [0.05, 0.1) is 31.4 Å². The van der Waals surface area contributed by atoms with Crippen LogP contribution in [0, 0.1) is 0 Å². The average molecular weight is 401 g/mol. The number of thiocarbonyl (C=S) groups is 1. The lowest BCUT2D eigenvalue weighted by molar-refractivity contribution is 0.102. The maximum absolute atomic E-state index is 12.4. The van der Waals surface area contributed by atoms with Crippen LogP contribution in [0.3, 0.4) is 0 Å². The first-order chi connectivity index (χ1) is 11.2. The summed E-state index contributed by atoms with van der Waals surface area (Å²) >= 11 is 16.6. The van der Waals surface area contributed by atoms with Gasteiger partial charge in [-0.1, -0.05) is 29.3 Å². The van der Waals surface area contributed by atoms with Crippen molar-refractivity contribution in [2.75, 3.05) is 11.6 Å². The molecule has 2 aromatic carbocycles. The average Bonchev–Trinajstić information content (AvgIpc) is 2.46. The molecule has 0 aliphatic carbocycles. The number of isothiocyanates is 1. The number of nitrogens with one attached hydrogen (secondary N) is 1. The highest BCUT2D eigenvalue weighted by atomic mass is 35.5. The number of sulfone groups is 1. The van der Waals surface area contributed by atoms with Gasteiger partial charge in [-0.3, -0.25) is 4.79 Å². The predicted octanol–water partition coefficient (Wildman–Crippen LogP) is 4.38. The van der Waals surface area contributed by atoms with Crippen LogP contribution in [0.4, 0.5) is 11.4 Å². The molecule has 0 fully saturated rings. The Kier molecular flexibility index (Phi) is 5.74. The van der Waals surface area contributed by atoms with Gasteiger partial charge in [-0.05, 0) is 42.5 Å². The number of aliphatic imine (C=N–C) groups is 1. The van der Waals surface area contributed by atoms with Gasteiger partial charge in [0.25, 0.3) is 5.91 Å². The number of anilines is 1. The molecule has 5 nitrogen and oxygen atoms in total. The van der Waals surface area contributed by atoms with Gasteiger partial charge in [0, 0.05) is 11.9 Å². The number of nitrogens with zero attached hydrogens (tertiary/aromatic N) is 1. The number of halogens is 2. The highest BCUT2D eigenvalue weighted by Gasteiger charge is 2.17. The van der Waals surface area contributed by atoms with Crippen LogP contribution in [0.15, 0.2) is 46.3 Å². The molecule has 0 aromatic heterocycles. The van der Waals surface area contributed by atoms with E-state index in [0.717, 1.165) is 6.26 Å². The fourth-order valence-corrected chi connectivity index (χ4v) is 3.31. The van der Waals surface area contributed by atoms with Gasteiger partial charge in [0.1, 0.15) is 0 Å². The molecule has 0 aliphatic rings. The van der Waals surface area contributed by atoms with Crippen LogP contribution in [-0.4, -0.2) is 25.7 Å². The Bertz CT molecular complexity index is 945. The van der Waals surface area contributed by atoms with Crippen LogP contribution >= 0.6 is 35.4 Å². The monoisotopic (exact) mass is 400 g/mol. The summed E-state index contributed by atoms with van der Waals surface area (Å²) in [5.41, 5.74) is 0.720. The van der Waals surface area contributed by atoms with Gasteiger partial charge in [-0.2, -0.15) is 4.99 Å². The van der Waals surface area contributed by atoms with Gasteiger partial charge in [-0.15, -0.1) is 0 Å². The molecule has 9 heteroatoms. The van der Waals surface area contributed by atoms with Crippen LogP contribution in [0.5, 0.6) is 0 Å². The molecule has 124 valence electrons. The number of carbonyl (C=O) groups is 1. The highest BCUT2D eigenvalue weighted by molar-refractivity contribution is 7.90. The van der Waals surface area contributed by atoms with E-state index < -0.39 is 15.7 Å². The number of carbonyl (C=O) groups excluding carboxylic acids is 1. The van der Waals surface area contributed by atoms with Gasteiger partial charge in [-0.25, -0.2) is 8.42 Å². The first kappa shape index (κ1) is 18.6. The molecule has 0 aliphatic heterocycles. The van der Waals surface area contributed by atoms with Crippen LogP contribution in [-0.2, 0) is 9.84 Å². The standard InChI is InChI=1S/C15H10Cl2N2O3S2/c1-24(21,22)11-4-2-3-9(5-11)19-15(20)14-12(16)6-10(18-8-23)7-13(14)17/h2-7H,1H3,(H,19,20). The first-order valence-electron chi connectivity index (χ1n) is 6.41. The second-order valence-electron chi connectivity index (χ2n) is 4.74. The molecular weight excluding hydrogens is 391 g/mol. The zero-order chi connectivity index (χ0) is 17.9. The summed E-state index contributed by atoms with van der Waals surface area (Å²) in [7, 11) is -3.39. The van der Waals surface area contributed by atoms with Crippen LogP contribution < -0.4 is 5.32 Å². The molecular formula is C15H10Cl2N2O3S2. The quantitative estimate of drug-likeness (QED) is 0.609. The summed E-state index contributed by atoms with van der Waals surface area (Å²) in [6, 6.07) is 8.71. The minimum absolute atomic E-state index is 0.0476. The zero-order valence-corrected chi connectivity index (χ0v) is 15.4. The van der Waals surface area contributed by atoms with Crippen LogP contribution in [0.25, 0.3) is 0 Å². The molecule has 2 rings (SSSR count). The van der Waals surface area contributed by atoms with Crippen molar-refractivity contribution in [1.82, 2.24) is 0 Å². The smallest absolute Gasteiger partial charge is 0.258 e. The third kappa shape index (κ3) is 4.41. The summed E-state index contributed by atoms with van der Waals surface area (Å²) < 4.78 is 23.1. The Morgan fingerprint density at radius 1 is 1.21 bits per heavy atom. The summed E-state index contributed by atoms with van der Waals surface area (Å²) in [6.07, 6.45) is 1.08. The molecule has 0 radical (unpaired) electrons.